The minimum atomic E-state index is -0.374. The van der Waals surface area contributed by atoms with Crippen molar-refractivity contribution in [2.75, 3.05) is 7.11 Å². The molecule has 1 N–H and O–H groups in total. The number of hydrogen-bond acceptors (Lipinski definition) is 4. The number of hydrogen-bond donors (Lipinski definition) is 1. The van der Waals surface area contributed by atoms with E-state index in [2.05, 4.69) is 4.98 Å². The van der Waals surface area contributed by atoms with E-state index in [-0.39, 0.29) is 11.6 Å². The third-order valence-electron chi connectivity index (χ3n) is 3.84. The Labute approximate surface area is 130 Å². The zero-order valence-electron chi connectivity index (χ0n) is 12.3. The summed E-state index contributed by atoms with van der Waals surface area (Å²) >= 11 is 0. The van der Waals surface area contributed by atoms with Crippen LogP contribution in [0.5, 0.6) is 11.6 Å². The van der Waals surface area contributed by atoms with Gasteiger partial charge in [-0.1, -0.05) is 24.3 Å². The number of imidazole rings is 1. The van der Waals surface area contributed by atoms with E-state index in [0.717, 1.165) is 0 Å². The summed E-state index contributed by atoms with van der Waals surface area (Å²) in [4.78, 5) is 17.2. The van der Waals surface area contributed by atoms with E-state index in [1.807, 2.05) is 18.2 Å². The summed E-state index contributed by atoms with van der Waals surface area (Å²) in [6, 6.07) is 14.3. The van der Waals surface area contributed by atoms with Gasteiger partial charge >= 0.3 is 5.69 Å². The summed E-state index contributed by atoms with van der Waals surface area (Å²) in [6.45, 7) is 0. The Kier molecular flexibility index (Phi) is 2.84. The normalized spacial score (nSPS) is 11.2. The van der Waals surface area contributed by atoms with Crippen molar-refractivity contribution in [1.82, 2.24) is 14.0 Å². The van der Waals surface area contributed by atoms with Gasteiger partial charge in [-0.25, -0.2) is 9.36 Å². The minimum absolute atomic E-state index is 0.169. The quantitative estimate of drug-likeness (QED) is 0.617. The molecule has 0 aliphatic heterocycles. The number of benzene rings is 2. The number of aromatic hydroxyl groups is 1. The first-order valence-corrected chi connectivity index (χ1v) is 7.06. The van der Waals surface area contributed by atoms with Crippen molar-refractivity contribution in [3.05, 3.63) is 65.2 Å². The maximum atomic E-state index is 12.9. The summed E-state index contributed by atoms with van der Waals surface area (Å²) in [5.41, 5.74) is 1.77. The fourth-order valence-electron chi connectivity index (χ4n) is 2.78. The molecular weight excluding hydrogens is 294 g/mol. The highest BCUT2D eigenvalue weighted by Crippen LogP contribution is 2.28. The van der Waals surface area contributed by atoms with Crippen LogP contribution in [0.15, 0.2) is 59.5 Å². The molecule has 0 aliphatic rings. The minimum Gasteiger partial charge on any atom is -0.495 e. The molecule has 4 aromatic rings. The van der Waals surface area contributed by atoms with Crippen LogP contribution < -0.4 is 10.4 Å². The second kappa shape index (κ2) is 4.88. The molecule has 2 aromatic heterocycles. The van der Waals surface area contributed by atoms with E-state index in [9.17, 15) is 9.90 Å². The van der Waals surface area contributed by atoms with Gasteiger partial charge in [0.1, 0.15) is 11.3 Å². The van der Waals surface area contributed by atoms with Crippen molar-refractivity contribution in [3.63, 3.8) is 0 Å². The molecule has 2 heterocycles. The van der Waals surface area contributed by atoms with Gasteiger partial charge in [-0.05, 0) is 24.3 Å². The van der Waals surface area contributed by atoms with Crippen LogP contribution >= 0.6 is 0 Å². The van der Waals surface area contributed by atoms with Crippen molar-refractivity contribution >= 4 is 16.6 Å². The summed E-state index contributed by atoms with van der Waals surface area (Å²) < 4.78 is 7.97. The largest absolute Gasteiger partial charge is 0.495 e. The lowest BCUT2D eigenvalue weighted by molar-refractivity contribution is 0.406. The van der Waals surface area contributed by atoms with E-state index in [0.29, 0.717) is 28.0 Å². The van der Waals surface area contributed by atoms with Gasteiger partial charge in [-0.15, -0.1) is 0 Å². The number of aromatic nitrogens is 3. The predicted octanol–water partition coefficient (Wildman–Crippen LogP) is 2.35. The lowest BCUT2D eigenvalue weighted by atomic mass is 10.3. The molecule has 0 atom stereocenters. The van der Waals surface area contributed by atoms with Crippen molar-refractivity contribution in [2.24, 2.45) is 0 Å². The molecule has 114 valence electrons. The maximum absolute atomic E-state index is 12.9. The Morgan fingerprint density at radius 3 is 2.61 bits per heavy atom. The number of para-hydroxylation sites is 4. The molecule has 0 amide bonds. The fraction of sp³-hybridized carbons (Fsp3) is 0.0588. The van der Waals surface area contributed by atoms with E-state index in [1.165, 1.54) is 22.3 Å². The second-order valence-electron chi connectivity index (χ2n) is 5.08. The van der Waals surface area contributed by atoms with Crippen LogP contribution in [0, 0.1) is 0 Å². The molecule has 0 saturated heterocycles. The van der Waals surface area contributed by atoms with Crippen molar-refractivity contribution < 1.29 is 9.84 Å². The van der Waals surface area contributed by atoms with Crippen LogP contribution in [0.1, 0.15) is 0 Å². The third-order valence-corrected chi connectivity index (χ3v) is 3.84. The molecule has 6 nitrogen and oxygen atoms in total. The summed E-state index contributed by atoms with van der Waals surface area (Å²) in [6.07, 6.45) is 1.49. The first-order valence-electron chi connectivity index (χ1n) is 7.06. The zero-order chi connectivity index (χ0) is 16.0. The van der Waals surface area contributed by atoms with E-state index in [1.54, 1.807) is 30.3 Å². The average Bonchev–Trinajstić information content (AvgIpc) is 2.86. The highest BCUT2D eigenvalue weighted by molar-refractivity contribution is 5.79. The highest BCUT2D eigenvalue weighted by Gasteiger charge is 2.19. The Balaban J connectivity index is 2.17. The summed E-state index contributed by atoms with van der Waals surface area (Å²) in [5, 5.41) is 10.5. The monoisotopic (exact) mass is 307 g/mol. The van der Waals surface area contributed by atoms with Crippen molar-refractivity contribution in [2.45, 2.75) is 0 Å². The molecule has 0 fully saturated rings. The van der Waals surface area contributed by atoms with E-state index in [4.69, 9.17) is 4.74 Å². The number of methoxy groups -OCH3 is 1. The van der Waals surface area contributed by atoms with Crippen LogP contribution in [0.3, 0.4) is 0 Å². The fourth-order valence-corrected chi connectivity index (χ4v) is 2.78. The van der Waals surface area contributed by atoms with Crippen molar-refractivity contribution in [3.8, 4) is 17.3 Å². The number of rotatable bonds is 2. The van der Waals surface area contributed by atoms with Crippen LogP contribution in [-0.4, -0.2) is 26.2 Å². The van der Waals surface area contributed by atoms with Crippen LogP contribution in [-0.2, 0) is 0 Å². The zero-order valence-corrected chi connectivity index (χ0v) is 12.3. The molecule has 0 aliphatic carbocycles. The average molecular weight is 307 g/mol. The molecule has 23 heavy (non-hydrogen) atoms. The molecule has 2 aromatic carbocycles. The highest BCUT2D eigenvalue weighted by atomic mass is 16.5. The Morgan fingerprint density at radius 1 is 1.04 bits per heavy atom. The summed E-state index contributed by atoms with van der Waals surface area (Å²) in [7, 11) is 1.52. The molecule has 0 bridgehead atoms. The van der Waals surface area contributed by atoms with E-state index >= 15 is 0 Å². The van der Waals surface area contributed by atoms with Crippen molar-refractivity contribution in [1.29, 1.82) is 0 Å². The van der Waals surface area contributed by atoms with E-state index < -0.39 is 0 Å². The molecule has 0 spiro atoms. The van der Waals surface area contributed by atoms with Gasteiger partial charge in [0.2, 0.25) is 5.88 Å². The van der Waals surface area contributed by atoms with Gasteiger partial charge in [-0.2, -0.15) is 0 Å². The molecule has 0 unspecified atom stereocenters. The maximum Gasteiger partial charge on any atom is 0.341 e. The van der Waals surface area contributed by atoms with Gasteiger partial charge in [0.05, 0.1) is 30.0 Å². The lowest BCUT2D eigenvalue weighted by Gasteiger charge is -2.08. The molecule has 0 saturated carbocycles. The Bertz CT molecular complexity index is 1100. The van der Waals surface area contributed by atoms with Gasteiger partial charge < -0.3 is 9.84 Å². The lowest BCUT2D eigenvalue weighted by Crippen LogP contribution is -2.19. The second-order valence-corrected chi connectivity index (χ2v) is 5.08. The Hall–Kier alpha value is -3.28. The number of fused-ring (bicyclic) bond motifs is 3. The van der Waals surface area contributed by atoms with Gasteiger partial charge in [0.15, 0.2) is 0 Å². The topological polar surface area (TPSA) is 68.8 Å². The molecule has 0 radical (unpaired) electrons. The number of nitrogens with zero attached hydrogens (tertiary/aromatic N) is 3. The Morgan fingerprint density at radius 2 is 1.78 bits per heavy atom. The first-order chi connectivity index (χ1) is 11.2. The summed E-state index contributed by atoms with van der Waals surface area (Å²) in [5.74, 6) is 0.329. The van der Waals surface area contributed by atoms with Gasteiger partial charge in [0, 0.05) is 0 Å². The van der Waals surface area contributed by atoms with Gasteiger partial charge in [-0.3, -0.25) is 9.38 Å². The van der Waals surface area contributed by atoms with Gasteiger partial charge in [0.25, 0.3) is 0 Å². The SMILES string of the molecule is COc1ccccc1-n1c(O)c2cnc3ccccc3n2c1=O. The third kappa shape index (κ3) is 1.81. The first kappa shape index (κ1) is 13.4. The molecule has 6 heteroatoms. The number of ether oxygens (including phenoxy) is 1. The standard InChI is InChI=1S/C17H13N3O3/c1-23-15-9-5-4-8-13(15)20-16(21)14-10-18-11-6-2-3-7-12(11)19(14)17(20)22/h2-10,21H,1H3. The predicted molar refractivity (Wildman–Crippen MR) is 86.5 cm³/mol. The van der Waals surface area contributed by atoms with Crippen LogP contribution in [0.25, 0.3) is 22.2 Å². The molecule has 4 rings (SSSR count). The molecular formula is C17H13N3O3. The smallest absolute Gasteiger partial charge is 0.341 e. The van der Waals surface area contributed by atoms with Crippen LogP contribution in [0.4, 0.5) is 0 Å². The van der Waals surface area contributed by atoms with Crippen LogP contribution in [0.2, 0.25) is 0 Å².